The molecule has 0 fully saturated rings. The van der Waals surface area contributed by atoms with Crippen molar-refractivity contribution in [3.63, 3.8) is 0 Å². The Morgan fingerprint density at radius 1 is 0.492 bits per heavy atom. The van der Waals surface area contributed by atoms with Crippen molar-refractivity contribution >= 4 is 81.0 Å². The van der Waals surface area contributed by atoms with Crippen LogP contribution in [0, 0.1) is 0 Å². The molecule has 8 bridgehead atoms. The monoisotopic (exact) mass is 802 g/mol. The molecule has 0 atom stereocenters. The maximum absolute atomic E-state index is 12.8. The summed E-state index contributed by atoms with van der Waals surface area (Å²) in [5.41, 5.74) is 34.9. The summed E-state index contributed by atoms with van der Waals surface area (Å²) in [7, 11) is 1.34. The highest BCUT2D eigenvalue weighted by atomic mass is 16.5. The smallest absolute Gasteiger partial charge is 0.305 e. The van der Waals surface area contributed by atoms with Crippen LogP contribution >= 0.6 is 0 Å². The van der Waals surface area contributed by atoms with Crippen LogP contribution in [0.1, 0.15) is 42.0 Å². The standard InChI is InChI=1S/C50H42N8O3/c1-61-46(60)4-2-3-45(59)54-36-19-11-32(12-20-36)50-43-27-25-41(57-43)48(30-7-15-34(52)16-8-30)39-23-21-37(55-39)47(29-5-13-33(51)14-6-29)38-22-24-40(56-38)49(42-26-28-44(50)58-42)31-9-17-35(53)18-10-31/h5-28,55,58H,2-4,51-53H2,1H3,(H,54,59). The van der Waals surface area contributed by atoms with E-state index in [1.807, 2.05) is 121 Å². The largest absolute Gasteiger partial charge is 0.469 e. The number of methoxy groups -OCH3 is 1. The van der Waals surface area contributed by atoms with E-state index in [1.165, 1.54) is 7.11 Å². The van der Waals surface area contributed by atoms with Crippen molar-refractivity contribution in [2.75, 3.05) is 29.6 Å². The third-order valence-electron chi connectivity index (χ3n) is 10.8. The van der Waals surface area contributed by atoms with Crippen LogP contribution in [0.25, 0.3) is 90.9 Å². The fraction of sp³-hybridized carbons (Fsp3) is 0.0800. The molecule has 4 aromatic carbocycles. The molecule has 3 aromatic heterocycles. The Bertz CT molecular complexity index is 3010. The third-order valence-corrected chi connectivity index (χ3v) is 10.8. The first kappa shape index (κ1) is 38.3. The van der Waals surface area contributed by atoms with E-state index in [-0.39, 0.29) is 24.7 Å². The van der Waals surface area contributed by atoms with E-state index in [2.05, 4.69) is 39.6 Å². The number of fused-ring (bicyclic) bond motifs is 8. The number of benzene rings is 4. The Balaban J connectivity index is 1.31. The zero-order valence-electron chi connectivity index (χ0n) is 33.3. The molecule has 300 valence electrons. The van der Waals surface area contributed by atoms with Crippen molar-refractivity contribution < 1.29 is 14.3 Å². The van der Waals surface area contributed by atoms with E-state index in [1.54, 1.807) is 0 Å². The minimum Gasteiger partial charge on any atom is -0.469 e. The van der Waals surface area contributed by atoms with Gasteiger partial charge in [-0.3, -0.25) is 9.59 Å². The van der Waals surface area contributed by atoms with Crippen molar-refractivity contribution in [1.29, 1.82) is 0 Å². The van der Waals surface area contributed by atoms with Gasteiger partial charge in [0.25, 0.3) is 0 Å². The molecular weight excluding hydrogens is 761 g/mol. The number of nitrogens with zero attached hydrogens (tertiary/aromatic N) is 2. The van der Waals surface area contributed by atoms with Gasteiger partial charge in [0, 0.05) is 79.9 Å². The van der Waals surface area contributed by atoms with Crippen LogP contribution in [0.3, 0.4) is 0 Å². The van der Waals surface area contributed by atoms with E-state index in [0.717, 1.165) is 89.4 Å². The summed E-state index contributed by atoms with van der Waals surface area (Å²) in [6.45, 7) is 0. The maximum atomic E-state index is 12.8. The molecule has 5 heterocycles. The number of aromatic nitrogens is 4. The molecule has 0 saturated carbocycles. The van der Waals surface area contributed by atoms with Crippen LogP contribution < -0.4 is 22.5 Å². The van der Waals surface area contributed by atoms with Gasteiger partial charge in [0.1, 0.15) is 0 Å². The number of carbonyl (C=O) groups excluding carboxylic acids is 2. The van der Waals surface area contributed by atoms with Gasteiger partial charge >= 0.3 is 5.97 Å². The lowest BCUT2D eigenvalue weighted by Gasteiger charge is -2.09. The van der Waals surface area contributed by atoms with Gasteiger partial charge in [-0.15, -0.1) is 0 Å². The number of H-pyrrole nitrogens is 2. The van der Waals surface area contributed by atoms with Crippen LogP contribution in [0.5, 0.6) is 0 Å². The zero-order valence-corrected chi connectivity index (χ0v) is 33.3. The first-order chi connectivity index (χ1) is 29.7. The molecule has 9 rings (SSSR count). The molecule has 0 spiro atoms. The van der Waals surface area contributed by atoms with Gasteiger partial charge in [-0.05, 0) is 126 Å². The lowest BCUT2D eigenvalue weighted by molar-refractivity contribution is -0.140. The maximum Gasteiger partial charge on any atom is 0.305 e. The predicted molar refractivity (Wildman–Crippen MR) is 248 cm³/mol. The number of anilines is 4. The second-order valence-corrected chi connectivity index (χ2v) is 14.9. The summed E-state index contributed by atoms with van der Waals surface area (Å²) in [5, 5.41) is 2.95. The molecule has 2 aliphatic heterocycles. The van der Waals surface area contributed by atoms with Gasteiger partial charge in [-0.2, -0.15) is 0 Å². The quantitative estimate of drug-likeness (QED) is 0.0613. The van der Waals surface area contributed by atoms with Crippen molar-refractivity contribution in [3.8, 4) is 44.5 Å². The number of nitrogens with two attached hydrogens (primary N) is 3. The Morgan fingerprint density at radius 2 is 0.820 bits per heavy atom. The molecule has 7 aromatic rings. The number of nitrogens with one attached hydrogen (secondary N) is 3. The molecule has 11 heteroatoms. The van der Waals surface area contributed by atoms with E-state index < -0.39 is 0 Å². The van der Waals surface area contributed by atoms with Crippen molar-refractivity contribution in [1.82, 2.24) is 19.9 Å². The van der Waals surface area contributed by atoms with Crippen LogP contribution in [0.4, 0.5) is 22.7 Å². The zero-order chi connectivity index (χ0) is 42.0. The van der Waals surface area contributed by atoms with E-state index >= 15 is 0 Å². The fourth-order valence-electron chi connectivity index (χ4n) is 7.81. The molecule has 0 saturated heterocycles. The summed E-state index contributed by atoms with van der Waals surface area (Å²) in [6, 6.07) is 39.4. The highest BCUT2D eigenvalue weighted by Crippen LogP contribution is 2.39. The van der Waals surface area contributed by atoms with Crippen molar-refractivity contribution in [3.05, 3.63) is 144 Å². The molecule has 9 N–H and O–H groups in total. The number of carbonyl (C=O) groups is 2. The molecule has 61 heavy (non-hydrogen) atoms. The topological polar surface area (TPSA) is 191 Å². The molecule has 1 amide bonds. The highest BCUT2D eigenvalue weighted by molar-refractivity contribution is 6.00. The molecule has 2 aliphatic rings. The normalized spacial score (nSPS) is 11.8. The lowest BCUT2D eigenvalue weighted by atomic mass is 10.0. The van der Waals surface area contributed by atoms with Crippen molar-refractivity contribution in [2.45, 2.75) is 19.3 Å². The van der Waals surface area contributed by atoms with E-state index in [9.17, 15) is 9.59 Å². The number of esters is 1. The average molecular weight is 803 g/mol. The summed E-state index contributed by atoms with van der Waals surface area (Å²) < 4.78 is 4.71. The SMILES string of the molecule is COC(=O)CCCC(=O)Nc1ccc(-c2c3nc(c(-c4ccc(N)cc4)c4ccc([nH]4)c(-c4ccc(N)cc4)c4nc(c(-c5ccc(N)cc5)c5ccc2[nH]5)C=C4)C=C3)cc1. The fourth-order valence-corrected chi connectivity index (χ4v) is 7.81. The first-order valence-corrected chi connectivity index (χ1v) is 19.9. The van der Waals surface area contributed by atoms with Gasteiger partial charge in [-0.1, -0.05) is 48.5 Å². The molecule has 11 nitrogen and oxygen atoms in total. The summed E-state index contributed by atoms with van der Waals surface area (Å²) >= 11 is 0. The van der Waals surface area contributed by atoms with Crippen LogP contribution in [0.2, 0.25) is 0 Å². The Morgan fingerprint density at radius 3 is 1.15 bits per heavy atom. The number of nitrogen functional groups attached to an aromatic ring is 3. The summed E-state index contributed by atoms with van der Waals surface area (Å²) in [4.78, 5) is 42.5. The predicted octanol–water partition coefficient (Wildman–Crippen LogP) is 10.4. The van der Waals surface area contributed by atoms with Crippen molar-refractivity contribution in [2.24, 2.45) is 0 Å². The number of ether oxygens (including phenoxy) is 1. The first-order valence-electron chi connectivity index (χ1n) is 19.9. The minimum absolute atomic E-state index is 0.181. The number of aromatic amines is 2. The van der Waals surface area contributed by atoms with Crippen LogP contribution in [-0.4, -0.2) is 38.9 Å². The van der Waals surface area contributed by atoms with Crippen LogP contribution in [-0.2, 0) is 14.3 Å². The lowest BCUT2D eigenvalue weighted by Crippen LogP contribution is -2.12. The van der Waals surface area contributed by atoms with Crippen LogP contribution in [0.15, 0.2) is 121 Å². The third kappa shape index (κ3) is 7.87. The van der Waals surface area contributed by atoms with E-state index in [4.69, 9.17) is 31.9 Å². The number of amides is 1. The average Bonchev–Trinajstić information content (AvgIpc) is 4.11. The van der Waals surface area contributed by atoms with E-state index in [0.29, 0.717) is 29.2 Å². The molecule has 0 aliphatic carbocycles. The molecular formula is C50H42N8O3. The Labute approximate surface area is 351 Å². The van der Waals surface area contributed by atoms with Gasteiger partial charge in [-0.25, -0.2) is 9.97 Å². The van der Waals surface area contributed by atoms with Gasteiger partial charge in [0.05, 0.1) is 29.9 Å². The second-order valence-electron chi connectivity index (χ2n) is 14.9. The number of rotatable bonds is 9. The summed E-state index contributed by atoms with van der Waals surface area (Å²) in [5.74, 6) is -0.524. The molecule has 0 unspecified atom stereocenters. The van der Waals surface area contributed by atoms with Gasteiger partial charge in [0.2, 0.25) is 5.91 Å². The second kappa shape index (κ2) is 16.2. The molecule has 0 radical (unpaired) electrons. The minimum atomic E-state index is -0.341. The number of hydrogen-bond donors (Lipinski definition) is 6. The van der Waals surface area contributed by atoms with Gasteiger partial charge < -0.3 is 37.2 Å². The highest BCUT2D eigenvalue weighted by Gasteiger charge is 2.19. The summed E-state index contributed by atoms with van der Waals surface area (Å²) in [6.07, 6.45) is 8.93. The Hall–Kier alpha value is -8.18. The Kier molecular flexibility index (Phi) is 10.2. The number of hydrogen-bond acceptors (Lipinski definition) is 8. The van der Waals surface area contributed by atoms with Gasteiger partial charge in [0.15, 0.2) is 0 Å².